The normalized spacial score (nSPS) is 21.6. The molecule has 0 spiro atoms. The van der Waals surface area contributed by atoms with Gasteiger partial charge in [0.15, 0.2) is 6.04 Å². The number of aromatic nitrogens is 4. The number of hydrogen-bond acceptors (Lipinski definition) is 4. The molecule has 1 aliphatic rings. The summed E-state index contributed by atoms with van der Waals surface area (Å²) >= 11 is 0. The van der Waals surface area contributed by atoms with Gasteiger partial charge in [0.25, 0.3) is 0 Å². The highest BCUT2D eigenvalue weighted by atomic mass is 16.5. The molecule has 146 valence electrons. The highest BCUT2D eigenvalue weighted by Gasteiger charge is 2.38. The van der Waals surface area contributed by atoms with Crippen LogP contribution in [0.3, 0.4) is 0 Å². The van der Waals surface area contributed by atoms with Crippen molar-refractivity contribution < 1.29 is 14.5 Å². The molecule has 2 N–H and O–H groups in total. The van der Waals surface area contributed by atoms with E-state index in [9.17, 15) is 0 Å². The van der Waals surface area contributed by atoms with Crippen LogP contribution in [0.15, 0.2) is 36.9 Å². The van der Waals surface area contributed by atoms with E-state index in [1.54, 1.807) is 12.0 Å². The predicted molar refractivity (Wildman–Crippen MR) is 104 cm³/mol. The minimum Gasteiger partial charge on any atom is -0.496 e. The van der Waals surface area contributed by atoms with E-state index in [1.807, 2.05) is 22.9 Å². The summed E-state index contributed by atoms with van der Waals surface area (Å²) in [5, 5.41) is 12.8. The van der Waals surface area contributed by atoms with Gasteiger partial charge in [-0.15, -0.1) is 5.10 Å². The fourth-order valence-electron chi connectivity index (χ4n) is 3.92. The number of rotatable bonds is 6. The summed E-state index contributed by atoms with van der Waals surface area (Å²) in [4.78, 5) is 3.07. The molecular weight excluding hydrogens is 340 g/mol. The first-order valence-electron chi connectivity index (χ1n) is 9.66. The van der Waals surface area contributed by atoms with Crippen LogP contribution < -0.4 is 14.5 Å². The lowest BCUT2D eigenvalue weighted by molar-refractivity contribution is -1.02. The number of tetrazole rings is 1. The van der Waals surface area contributed by atoms with Crippen molar-refractivity contribution in [2.75, 3.05) is 39.8 Å². The molecular formula is C20H32N6O+2. The largest absolute Gasteiger partial charge is 0.496 e. The van der Waals surface area contributed by atoms with Crippen molar-refractivity contribution in [3.63, 3.8) is 0 Å². The van der Waals surface area contributed by atoms with Crippen LogP contribution in [0, 0.1) is 0 Å². The fraction of sp³-hybridized carbons (Fsp3) is 0.550. The van der Waals surface area contributed by atoms with Crippen LogP contribution >= 0.6 is 0 Å². The second-order valence-corrected chi connectivity index (χ2v) is 8.20. The molecule has 1 aromatic carbocycles. The second-order valence-electron chi connectivity index (χ2n) is 8.20. The average Bonchev–Trinajstić information content (AvgIpc) is 3.14. The Balaban J connectivity index is 2.01. The molecule has 1 aliphatic heterocycles. The Labute approximate surface area is 161 Å². The van der Waals surface area contributed by atoms with Crippen molar-refractivity contribution >= 4 is 0 Å². The summed E-state index contributed by atoms with van der Waals surface area (Å²) < 4.78 is 7.65. The van der Waals surface area contributed by atoms with Gasteiger partial charge in [0.1, 0.15) is 31.9 Å². The van der Waals surface area contributed by atoms with Crippen molar-refractivity contribution in [2.24, 2.45) is 0 Å². The molecule has 0 bridgehead atoms. The van der Waals surface area contributed by atoms with Crippen LogP contribution in [-0.4, -0.2) is 60.0 Å². The SMILES string of the molecule is C=CC[NH+]1CC[NH+]([C@H](c2ccccc2OC)c2nnnn2C(C)(C)C)CC1. The zero-order valence-electron chi connectivity index (χ0n) is 16.9. The Hall–Kier alpha value is -2.25. The lowest BCUT2D eigenvalue weighted by atomic mass is 10.0. The van der Waals surface area contributed by atoms with Gasteiger partial charge in [0.2, 0.25) is 5.82 Å². The van der Waals surface area contributed by atoms with E-state index < -0.39 is 0 Å². The van der Waals surface area contributed by atoms with Gasteiger partial charge in [0.05, 0.1) is 24.8 Å². The number of methoxy groups -OCH3 is 1. The highest BCUT2D eigenvalue weighted by Crippen LogP contribution is 2.28. The van der Waals surface area contributed by atoms with Gasteiger partial charge in [-0.1, -0.05) is 18.7 Å². The van der Waals surface area contributed by atoms with Crippen molar-refractivity contribution in [3.05, 3.63) is 48.3 Å². The van der Waals surface area contributed by atoms with Crippen molar-refractivity contribution in [1.82, 2.24) is 20.2 Å². The van der Waals surface area contributed by atoms with E-state index in [-0.39, 0.29) is 11.6 Å². The highest BCUT2D eigenvalue weighted by molar-refractivity contribution is 5.37. The summed E-state index contributed by atoms with van der Waals surface area (Å²) in [5.41, 5.74) is 0.955. The number of piperazine rings is 1. The van der Waals surface area contributed by atoms with Crippen molar-refractivity contribution in [3.8, 4) is 5.75 Å². The van der Waals surface area contributed by atoms with E-state index in [1.165, 1.54) is 4.90 Å². The topological polar surface area (TPSA) is 61.7 Å². The van der Waals surface area contributed by atoms with Crippen LogP contribution in [0.5, 0.6) is 5.75 Å². The predicted octanol–water partition coefficient (Wildman–Crippen LogP) is -0.504. The van der Waals surface area contributed by atoms with Gasteiger partial charge in [-0.2, -0.15) is 0 Å². The molecule has 1 fully saturated rings. The summed E-state index contributed by atoms with van der Waals surface area (Å²) in [7, 11) is 1.73. The Morgan fingerprint density at radius 3 is 2.56 bits per heavy atom. The average molecular weight is 373 g/mol. The summed E-state index contributed by atoms with van der Waals surface area (Å²) in [5.74, 6) is 1.79. The summed E-state index contributed by atoms with van der Waals surface area (Å²) in [6.07, 6.45) is 2.01. The maximum atomic E-state index is 5.69. The summed E-state index contributed by atoms with van der Waals surface area (Å²) in [6, 6.07) is 8.27. The Morgan fingerprint density at radius 1 is 1.22 bits per heavy atom. The molecule has 3 rings (SSSR count). The van der Waals surface area contributed by atoms with Gasteiger partial charge in [-0.3, -0.25) is 0 Å². The van der Waals surface area contributed by atoms with Crippen LogP contribution in [0.2, 0.25) is 0 Å². The van der Waals surface area contributed by atoms with Gasteiger partial charge in [-0.05, 0) is 49.4 Å². The smallest absolute Gasteiger partial charge is 0.214 e. The molecule has 0 saturated carbocycles. The fourth-order valence-corrected chi connectivity index (χ4v) is 3.92. The first kappa shape index (κ1) is 19.5. The molecule has 1 atom stereocenters. The number of benzene rings is 1. The molecule has 2 heterocycles. The molecule has 1 saturated heterocycles. The Kier molecular flexibility index (Phi) is 5.92. The molecule has 7 nitrogen and oxygen atoms in total. The molecule has 0 aliphatic carbocycles. The lowest BCUT2D eigenvalue weighted by Crippen LogP contribution is -3.28. The van der Waals surface area contributed by atoms with Crippen molar-refractivity contribution in [2.45, 2.75) is 32.4 Å². The zero-order valence-corrected chi connectivity index (χ0v) is 16.9. The number of quaternary nitrogens is 2. The third-order valence-electron chi connectivity index (χ3n) is 5.28. The van der Waals surface area contributed by atoms with Crippen LogP contribution in [0.4, 0.5) is 0 Å². The monoisotopic (exact) mass is 372 g/mol. The number of para-hydroxylation sites is 1. The number of hydrogen-bond donors (Lipinski definition) is 2. The maximum absolute atomic E-state index is 5.69. The van der Waals surface area contributed by atoms with E-state index >= 15 is 0 Å². The van der Waals surface area contributed by atoms with E-state index in [0.717, 1.165) is 49.9 Å². The number of ether oxygens (including phenoxy) is 1. The standard InChI is InChI=1S/C20H30N6O/c1-6-11-24-12-14-25(15-13-24)18(16-9-7-8-10-17(16)27-5)19-21-22-23-26(19)20(2,3)4/h6-10,18H,1,11-15H2,2-5H3/p+2/t18-/m1/s1. The third-order valence-corrected chi connectivity index (χ3v) is 5.28. The third kappa shape index (κ3) is 4.20. The first-order chi connectivity index (χ1) is 13.0. The lowest BCUT2D eigenvalue weighted by Gasteiger charge is -2.35. The van der Waals surface area contributed by atoms with Crippen LogP contribution in [0.1, 0.15) is 38.2 Å². The van der Waals surface area contributed by atoms with Crippen LogP contribution in [-0.2, 0) is 5.54 Å². The zero-order chi connectivity index (χ0) is 19.4. The van der Waals surface area contributed by atoms with E-state index in [0.29, 0.717) is 0 Å². The number of nitrogens with zero attached hydrogens (tertiary/aromatic N) is 4. The molecule has 0 amide bonds. The van der Waals surface area contributed by atoms with E-state index in [4.69, 9.17) is 4.74 Å². The number of nitrogens with one attached hydrogen (secondary N) is 2. The summed E-state index contributed by atoms with van der Waals surface area (Å²) in [6.45, 7) is 15.6. The Bertz CT molecular complexity index is 758. The molecule has 27 heavy (non-hydrogen) atoms. The van der Waals surface area contributed by atoms with E-state index in [2.05, 4.69) is 55.0 Å². The van der Waals surface area contributed by atoms with Crippen molar-refractivity contribution in [1.29, 1.82) is 0 Å². The van der Waals surface area contributed by atoms with Gasteiger partial charge in [-0.25, -0.2) is 4.68 Å². The van der Waals surface area contributed by atoms with Gasteiger partial charge >= 0.3 is 0 Å². The van der Waals surface area contributed by atoms with Gasteiger partial charge in [0, 0.05) is 0 Å². The molecule has 7 heteroatoms. The molecule has 0 unspecified atom stereocenters. The Morgan fingerprint density at radius 2 is 1.93 bits per heavy atom. The molecule has 2 aromatic rings. The quantitative estimate of drug-likeness (QED) is 0.671. The molecule has 0 radical (unpaired) electrons. The second kappa shape index (κ2) is 8.19. The van der Waals surface area contributed by atoms with Gasteiger partial charge < -0.3 is 14.5 Å². The minimum atomic E-state index is -0.186. The minimum absolute atomic E-state index is 0.0423. The van der Waals surface area contributed by atoms with Crippen LogP contribution in [0.25, 0.3) is 0 Å². The molecule has 1 aromatic heterocycles. The maximum Gasteiger partial charge on any atom is 0.214 e. The first-order valence-corrected chi connectivity index (χ1v) is 9.66.